The first-order chi connectivity index (χ1) is 14.8. The van der Waals surface area contributed by atoms with E-state index in [2.05, 4.69) is 38.5 Å². The number of hydrogen-bond acceptors (Lipinski definition) is 7. The zero-order valence-corrected chi connectivity index (χ0v) is 19.8. The van der Waals surface area contributed by atoms with Gasteiger partial charge in [0.1, 0.15) is 6.29 Å². The van der Waals surface area contributed by atoms with Crippen LogP contribution >= 0.6 is 0 Å². The lowest BCUT2D eigenvalue weighted by molar-refractivity contribution is -0.108. The van der Waals surface area contributed by atoms with E-state index in [0.29, 0.717) is 23.9 Å². The summed E-state index contributed by atoms with van der Waals surface area (Å²) in [5.41, 5.74) is 0. The van der Waals surface area contributed by atoms with Crippen LogP contribution in [-0.4, -0.2) is 102 Å². The van der Waals surface area contributed by atoms with Crippen molar-refractivity contribution in [2.24, 2.45) is 11.8 Å². The number of carbonyl (C=O) groups excluding carboxylic acids is 1. The van der Waals surface area contributed by atoms with E-state index in [1.807, 2.05) is 13.6 Å². The number of nitrogens with zero attached hydrogens (tertiary/aromatic N) is 4. The van der Waals surface area contributed by atoms with Crippen molar-refractivity contribution in [2.75, 3.05) is 39.3 Å². The van der Waals surface area contributed by atoms with E-state index in [-0.39, 0.29) is 20.3 Å². The third-order valence-corrected chi connectivity index (χ3v) is 6.50. The van der Waals surface area contributed by atoms with Crippen LogP contribution in [0.15, 0.2) is 0 Å². The zero-order chi connectivity index (χ0) is 23.0. The Hall–Kier alpha value is -0.950. The second-order valence-electron chi connectivity index (χ2n) is 9.55. The highest BCUT2D eigenvalue weighted by Gasteiger charge is 2.44. The Morgan fingerprint density at radius 1 is 1.03 bits per heavy atom. The standard InChI is InChI=1S/C11H20BN3O.C6H15BN2O.C4H6O/c1-9-8-14(12(2)16)6-7-15(9)11(13-3)10-4-5-10;1-6-5-9(7(2)10)4-3-8-6;5-3-4-1-2-4/h9-11,16H,4-8H2,1-2H3;6,8,10H,3-5H2,1-2H3;3-4H,1-2H2/t9-,11?;6-;/m00./s1. The second kappa shape index (κ2) is 12.9. The van der Waals surface area contributed by atoms with Crippen molar-refractivity contribution >= 4 is 20.4 Å². The monoisotopic (exact) mass is 433 g/mol. The number of piperazine rings is 2. The Morgan fingerprint density at radius 3 is 2.00 bits per heavy atom. The van der Waals surface area contributed by atoms with Crippen LogP contribution in [0.3, 0.4) is 0 Å². The molecule has 3 N–H and O–H groups in total. The van der Waals surface area contributed by atoms with Crippen LogP contribution in [-0.2, 0) is 4.79 Å². The Kier molecular flexibility index (Phi) is 11.0. The highest BCUT2D eigenvalue weighted by atomic mass is 16.2. The van der Waals surface area contributed by atoms with Gasteiger partial charge in [-0.15, -0.1) is 0 Å². The van der Waals surface area contributed by atoms with E-state index in [1.165, 1.54) is 12.8 Å². The fourth-order valence-electron chi connectivity index (χ4n) is 4.11. The van der Waals surface area contributed by atoms with Crippen LogP contribution in [0.25, 0.3) is 4.85 Å². The molecule has 0 aromatic carbocycles. The Labute approximate surface area is 189 Å². The van der Waals surface area contributed by atoms with Crippen LogP contribution in [0.2, 0.25) is 13.6 Å². The third kappa shape index (κ3) is 9.21. The summed E-state index contributed by atoms with van der Waals surface area (Å²) >= 11 is 0. The second-order valence-corrected chi connectivity index (χ2v) is 9.55. The van der Waals surface area contributed by atoms with Crippen molar-refractivity contribution in [1.82, 2.24) is 19.8 Å². The molecular formula is C21H41B2N5O3. The molecular weight excluding hydrogens is 392 g/mol. The van der Waals surface area contributed by atoms with Crippen LogP contribution in [0.5, 0.6) is 0 Å². The molecule has 2 saturated heterocycles. The van der Waals surface area contributed by atoms with Gasteiger partial charge in [0.05, 0.1) is 0 Å². The number of aldehydes is 1. The summed E-state index contributed by atoms with van der Waals surface area (Å²) in [6, 6.07) is 0.895. The molecule has 2 aliphatic carbocycles. The van der Waals surface area contributed by atoms with Gasteiger partial charge in [-0.05, 0) is 53.2 Å². The minimum atomic E-state index is -0.364. The third-order valence-electron chi connectivity index (χ3n) is 6.50. The molecule has 4 fully saturated rings. The number of rotatable bonds is 5. The normalized spacial score (nSPS) is 28.2. The van der Waals surface area contributed by atoms with E-state index in [0.717, 1.165) is 58.4 Å². The Bertz CT molecular complexity index is 584. The number of nitrogens with one attached hydrogen (secondary N) is 1. The molecule has 2 aliphatic heterocycles. The first-order valence-electron chi connectivity index (χ1n) is 11.9. The molecule has 0 aromatic rings. The highest BCUT2D eigenvalue weighted by Crippen LogP contribution is 2.37. The summed E-state index contributed by atoms with van der Waals surface area (Å²) < 4.78 is 0. The molecule has 3 atom stereocenters. The van der Waals surface area contributed by atoms with Crippen molar-refractivity contribution in [2.45, 2.75) is 71.4 Å². The Morgan fingerprint density at radius 2 is 1.65 bits per heavy atom. The van der Waals surface area contributed by atoms with Crippen LogP contribution in [0, 0.1) is 18.4 Å². The van der Waals surface area contributed by atoms with E-state index in [9.17, 15) is 14.8 Å². The van der Waals surface area contributed by atoms with Gasteiger partial charge in [-0.1, -0.05) is 0 Å². The smallest absolute Gasteiger partial charge is 0.376 e. The fraction of sp³-hybridized carbons (Fsp3) is 0.905. The van der Waals surface area contributed by atoms with E-state index in [4.69, 9.17) is 6.57 Å². The van der Waals surface area contributed by atoms with Gasteiger partial charge in [-0.3, -0.25) is 4.85 Å². The van der Waals surface area contributed by atoms with Gasteiger partial charge in [0.25, 0.3) is 6.17 Å². The summed E-state index contributed by atoms with van der Waals surface area (Å²) in [5.74, 6) is 1.06. The number of hydrogen-bond donors (Lipinski definition) is 3. The van der Waals surface area contributed by atoms with Crippen molar-refractivity contribution < 1.29 is 14.8 Å². The fourth-order valence-corrected chi connectivity index (χ4v) is 4.11. The van der Waals surface area contributed by atoms with Gasteiger partial charge >= 0.3 is 14.1 Å². The lowest BCUT2D eigenvalue weighted by Gasteiger charge is -2.40. The Balaban J connectivity index is 0.000000192. The van der Waals surface area contributed by atoms with Crippen molar-refractivity contribution in [1.29, 1.82) is 0 Å². The average Bonchev–Trinajstić information content (AvgIpc) is 3.64. The molecule has 0 bridgehead atoms. The van der Waals surface area contributed by atoms with Crippen LogP contribution in [0.4, 0.5) is 0 Å². The molecule has 4 rings (SSSR count). The maximum absolute atomic E-state index is 9.57. The molecule has 174 valence electrons. The average molecular weight is 433 g/mol. The maximum Gasteiger partial charge on any atom is 0.376 e. The minimum Gasteiger partial charge on any atom is -0.437 e. The van der Waals surface area contributed by atoms with Crippen LogP contribution in [0.1, 0.15) is 39.5 Å². The van der Waals surface area contributed by atoms with E-state index >= 15 is 0 Å². The highest BCUT2D eigenvalue weighted by molar-refractivity contribution is 6.45. The lowest BCUT2D eigenvalue weighted by Crippen LogP contribution is -2.58. The molecule has 1 unspecified atom stereocenters. The molecule has 2 saturated carbocycles. The largest absolute Gasteiger partial charge is 0.437 e. The maximum atomic E-state index is 9.57. The topological polar surface area (TPSA) is 83.6 Å². The summed E-state index contributed by atoms with van der Waals surface area (Å²) in [6.07, 6.45) is 5.84. The van der Waals surface area contributed by atoms with E-state index < -0.39 is 0 Å². The predicted octanol–water partition coefficient (Wildman–Crippen LogP) is 0.744. The summed E-state index contributed by atoms with van der Waals surface area (Å²) in [5, 5.41) is 22.1. The number of carbonyl (C=O) groups is 1. The van der Waals surface area contributed by atoms with Crippen LogP contribution < -0.4 is 5.32 Å². The van der Waals surface area contributed by atoms with Crippen molar-refractivity contribution in [3.63, 3.8) is 0 Å². The van der Waals surface area contributed by atoms with Gasteiger partial charge in [0.2, 0.25) is 0 Å². The predicted molar refractivity (Wildman–Crippen MR) is 126 cm³/mol. The van der Waals surface area contributed by atoms with Crippen molar-refractivity contribution in [3.8, 4) is 0 Å². The first-order valence-corrected chi connectivity index (χ1v) is 11.9. The summed E-state index contributed by atoms with van der Waals surface area (Å²) in [4.78, 5) is 19.8. The molecule has 0 spiro atoms. The van der Waals surface area contributed by atoms with Gasteiger partial charge in [-0.25, -0.2) is 11.5 Å². The molecule has 4 aliphatic rings. The summed E-state index contributed by atoms with van der Waals surface area (Å²) in [6.45, 7) is 20.8. The minimum absolute atomic E-state index is 0.0890. The molecule has 0 radical (unpaired) electrons. The molecule has 0 aromatic heterocycles. The van der Waals surface area contributed by atoms with Gasteiger partial charge in [-0.2, -0.15) is 0 Å². The first kappa shape index (κ1) is 26.3. The van der Waals surface area contributed by atoms with Crippen molar-refractivity contribution in [3.05, 3.63) is 11.4 Å². The molecule has 31 heavy (non-hydrogen) atoms. The van der Waals surface area contributed by atoms with Gasteiger partial charge < -0.3 is 29.8 Å². The quantitative estimate of drug-likeness (QED) is 0.335. The van der Waals surface area contributed by atoms with Gasteiger partial charge in [0.15, 0.2) is 0 Å². The molecule has 10 heteroatoms. The molecule has 8 nitrogen and oxygen atoms in total. The molecule has 2 heterocycles. The summed E-state index contributed by atoms with van der Waals surface area (Å²) in [7, 11) is -0.651. The molecule has 0 amide bonds. The zero-order valence-electron chi connectivity index (χ0n) is 19.8. The van der Waals surface area contributed by atoms with Gasteiger partial charge in [0, 0.05) is 63.2 Å². The SMILES string of the molecule is CB(O)N1CCN[C@@H](C)C1.O=CC1CC1.[C-]#[N+]C(C1CC1)N1CCN(B(C)O)C[C@@H]1C. The van der Waals surface area contributed by atoms with E-state index in [1.54, 1.807) is 0 Å². The lowest BCUT2D eigenvalue weighted by atomic mass is 9.83.